The summed E-state index contributed by atoms with van der Waals surface area (Å²) in [5.74, 6) is 1.58. The van der Waals surface area contributed by atoms with Gasteiger partial charge in [0.2, 0.25) is 0 Å². The molecule has 328 valence electrons. The van der Waals surface area contributed by atoms with E-state index in [9.17, 15) is 19.2 Å². The second-order valence-corrected chi connectivity index (χ2v) is 19.7. The molecule has 0 spiro atoms. The maximum absolute atomic E-state index is 13.2. The molecule has 0 radical (unpaired) electrons. The van der Waals surface area contributed by atoms with Crippen LogP contribution in [0, 0.1) is 11.8 Å². The van der Waals surface area contributed by atoms with Gasteiger partial charge in [-0.05, 0) is 115 Å². The number of hydrogen-bond acceptors (Lipinski definition) is 6. The molecule has 2 fully saturated rings. The molecule has 1 N–H and O–H groups in total. The van der Waals surface area contributed by atoms with E-state index in [-0.39, 0.29) is 24.0 Å². The number of nitrogens with one attached hydrogen (secondary N) is 1. The van der Waals surface area contributed by atoms with Gasteiger partial charge in [-0.2, -0.15) is 0 Å². The number of rotatable bonds is 4. The smallest absolute Gasteiger partial charge is 0.410 e. The number of hydrogen-bond donors (Lipinski definition) is 1. The fourth-order valence-electron chi connectivity index (χ4n) is 9.02. The SMILES string of the molecule is C=CCn1c2c(c3cc(C(=O)N4CCC(C)CC4)ccc31)CN(C(=O)OC(C)(C)C)CC2.CC1CCN(C(=O)c2ccc3[nH]c4c(c3c2)CN(C(=O)OC(C)(C)C)CC4)CC1. The first-order valence-corrected chi connectivity index (χ1v) is 22.3. The van der Waals surface area contributed by atoms with Crippen LogP contribution in [0.3, 0.4) is 0 Å². The van der Waals surface area contributed by atoms with Crippen LogP contribution in [-0.4, -0.2) is 104 Å². The molecule has 12 nitrogen and oxygen atoms in total. The highest BCUT2D eigenvalue weighted by Crippen LogP contribution is 2.34. The first-order chi connectivity index (χ1) is 28.9. The summed E-state index contributed by atoms with van der Waals surface area (Å²) in [6.45, 7) is 26.0. The Morgan fingerprint density at radius 3 is 1.69 bits per heavy atom. The predicted octanol–water partition coefficient (Wildman–Crippen LogP) is 9.33. The Bertz CT molecular complexity index is 2290. The minimum atomic E-state index is -0.528. The van der Waals surface area contributed by atoms with E-state index in [4.69, 9.17) is 9.47 Å². The van der Waals surface area contributed by atoms with Crippen LogP contribution in [0.5, 0.6) is 0 Å². The van der Waals surface area contributed by atoms with E-state index in [1.165, 1.54) is 5.69 Å². The number of amides is 4. The van der Waals surface area contributed by atoms with Crippen molar-refractivity contribution >= 4 is 45.8 Å². The van der Waals surface area contributed by atoms with Crippen molar-refractivity contribution in [1.82, 2.24) is 29.2 Å². The van der Waals surface area contributed by atoms with Gasteiger partial charge in [0.1, 0.15) is 11.2 Å². The maximum atomic E-state index is 13.2. The second-order valence-electron chi connectivity index (χ2n) is 19.7. The summed E-state index contributed by atoms with van der Waals surface area (Å²) in [5.41, 5.74) is 7.09. The monoisotopic (exact) mass is 835 g/mol. The van der Waals surface area contributed by atoms with Crippen molar-refractivity contribution in [1.29, 1.82) is 0 Å². The number of nitrogens with zero attached hydrogens (tertiary/aromatic N) is 5. The number of H-pyrrole nitrogens is 1. The summed E-state index contributed by atoms with van der Waals surface area (Å²) in [5, 5.41) is 2.08. The van der Waals surface area contributed by atoms with Gasteiger partial charge in [0, 0.05) is 114 Å². The molecule has 4 aliphatic rings. The molecular formula is C49H66N6O6. The van der Waals surface area contributed by atoms with Crippen molar-refractivity contribution in [3.05, 3.63) is 82.7 Å². The fraction of sp³-hybridized carbons (Fsp3) is 0.551. The molecule has 8 rings (SSSR count). The van der Waals surface area contributed by atoms with E-state index < -0.39 is 11.2 Å². The number of carbonyl (C=O) groups excluding carboxylic acids is 4. The van der Waals surface area contributed by atoms with Crippen LogP contribution in [0.1, 0.15) is 124 Å². The molecule has 61 heavy (non-hydrogen) atoms. The zero-order valence-corrected chi connectivity index (χ0v) is 37.7. The molecule has 2 aromatic carbocycles. The summed E-state index contributed by atoms with van der Waals surface area (Å²) < 4.78 is 13.4. The molecule has 6 heterocycles. The van der Waals surface area contributed by atoms with E-state index in [0.717, 1.165) is 114 Å². The van der Waals surface area contributed by atoms with Crippen molar-refractivity contribution in [3.8, 4) is 0 Å². The lowest BCUT2D eigenvalue weighted by Gasteiger charge is -2.31. The Hall–Kier alpha value is -5.26. The fourth-order valence-corrected chi connectivity index (χ4v) is 9.02. The number of aromatic nitrogens is 2. The summed E-state index contributed by atoms with van der Waals surface area (Å²) >= 11 is 0. The van der Waals surface area contributed by atoms with Gasteiger partial charge >= 0.3 is 12.2 Å². The molecule has 4 aliphatic heterocycles. The van der Waals surface area contributed by atoms with Crippen molar-refractivity contribution in [2.45, 2.75) is 125 Å². The van der Waals surface area contributed by atoms with Gasteiger partial charge in [-0.1, -0.05) is 19.9 Å². The number of likely N-dealkylation sites (tertiary alicyclic amines) is 2. The van der Waals surface area contributed by atoms with Crippen LogP contribution in [0.4, 0.5) is 9.59 Å². The topological polar surface area (TPSA) is 120 Å². The third kappa shape index (κ3) is 9.94. The van der Waals surface area contributed by atoms with Crippen LogP contribution in [-0.2, 0) is 41.9 Å². The van der Waals surface area contributed by atoms with E-state index in [1.54, 1.807) is 9.80 Å². The molecule has 4 aromatic rings. The highest BCUT2D eigenvalue weighted by molar-refractivity contribution is 6.00. The Morgan fingerprint density at radius 2 is 1.16 bits per heavy atom. The minimum absolute atomic E-state index is 0.101. The standard InChI is InChI=1S/C26H35N3O3.C23H31N3O3/c1-6-12-29-22-8-7-19(24(30)27-13-9-18(2)10-14-27)16-20(22)21-17-28(15-11-23(21)29)25(31)32-26(3,4)5;1-15-7-10-25(11-8-15)21(27)16-5-6-19-17(13-16)18-14-26(12-9-20(18)24-19)22(28)29-23(2,3)4/h6-8,16,18H,1,9-15,17H2,2-5H3;5-6,13,15,24H,7-12,14H2,1-4H3. The number of carbonyl (C=O) groups is 4. The van der Waals surface area contributed by atoms with Crippen LogP contribution >= 0.6 is 0 Å². The molecular weight excluding hydrogens is 769 g/mol. The first-order valence-electron chi connectivity index (χ1n) is 22.3. The summed E-state index contributed by atoms with van der Waals surface area (Å²) in [4.78, 5) is 62.4. The number of ether oxygens (including phenoxy) is 2. The lowest BCUT2D eigenvalue weighted by atomic mass is 9.98. The molecule has 0 bridgehead atoms. The van der Waals surface area contributed by atoms with Crippen LogP contribution < -0.4 is 0 Å². The van der Waals surface area contributed by atoms with Crippen molar-refractivity contribution in [3.63, 3.8) is 0 Å². The van der Waals surface area contributed by atoms with Gasteiger partial charge in [-0.3, -0.25) is 9.59 Å². The lowest BCUT2D eigenvalue weighted by molar-refractivity contribution is 0.0213. The van der Waals surface area contributed by atoms with Crippen LogP contribution in [0.2, 0.25) is 0 Å². The number of fused-ring (bicyclic) bond motifs is 6. The average molecular weight is 835 g/mol. The molecule has 0 unspecified atom stereocenters. The predicted molar refractivity (Wildman–Crippen MR) is 240 cm³/mol. The van der Waals surface area contributed by atoms with Crippen molar-refractivity contribution in [2.24, 2.45) is 11.8 Å². The van der Waals surface area contributed by atoms with Gasteiger partial charge in [-0.15, -0.1) is 6.58 Å². The summed E-state index contributed by atoms with van der Waals surface area (Å²) in [7, 11) is 0. The quantitative estimate of drug-likeness (QED) is 0.205. The zero-order valence-electron chi connectivity index (χ0n) is 37.7. The third-order valence-electron chi connectivity index (χ3n) is 12.5. The minimum Gasteiger partial charge on any atom is -0.444 e. The Balaban J connectivity index is 0.000000185. The first kappa shape index (κ1) is 43.8. The third-order valence-corrected chi connectivity index (χ3v) is 12.5. The van der Waals surface area contributed by atoms with Gasteiger partial charge in [-0.25, -0.2) is 9.59 Å². The van der Waals surface area contributed by atoms with Gasteiger partial charge in [0.25, 0.3) is 11.8 Å². The van der Waals surface area contributed by atoms with Crippen molar-refractivity contribution in [2.75, 3.05) is 39.3 Å². The summed E-state index contributed by atoms with van der Waals surface area (Å²) in [6.07, 6.45) is 7.09. The van der Waals surface area contributed by atoms with Crippen molar-refractivity contribution < 1.29 is 28.7 Å². The molecule has 0 atom stereocenters. The van der Waals surface area contributed by atoms with E-state index in [2.05, 4.69) is 36.0 Å². The van der Waals surface area contributed by atoms with E-state index in [1.807, 2.05) is 87.8 Å². The molecule has 0 saturated carbocycles. The highest BCUT2D eigenvalue weighted by atomic mass is 16.6. The number of benzene rings is 2. The van der Waals surface area contributed by atoms with E-state index in [0.29, 0.717) is 44.6 Å². The maximum Gasteiger partial charge on any atom is 0.410 e. The normalized spacial score (nSPS) is 17.7. The Morgan fingerprint density at radius 1 is 0.672 bits per heavy atom. The number of aromatic amines is 1. The zero-order chi connectivity index (χ0) is 43.8. The second kappa shape index (κ2) is 17.6. The number of allylic oxidation sites excluding steroid dienone is 1. The molecule has 2 saturated heterocycles. The molecule has 4 amide bonds. The van der Waals surface area contributed by atoms with Gasteiger partial charge in [0.05, 0.1) is 13.1 Å². The van der Waals surface area contributed by atoms with E-state index >= 15 is 0 Å². The highest BCUT2D eigenvalue weighted by Gasteiger charge is 2.32. The Kier molecular flexibility index (Phi) is 12.7. The number of piperidine rings is 2. The molecule has 2 aromatic heterocycles. The Labute approximate surface area is 361 Å². The molecule has 12 heteroatoms. The van der Waals surface area contributed by atoms with Gasteiger partial charge in [0.15, 0.2) is 0 Å². The largest absolute Gasteiger partial charge is 0.444 e. The van der Waals surface area contributed by atoms with Crippen LogP contribution in [0.15, 0.2) is 49.1 Å². The summed E-state index contributed by atoms with van der Waals surface area (Å²) in [6, 6.07) is 11.9. The average Bonchev–Trinajstić information content (AvgIpc) is 3.74. The van der Waals surface area contributed by atoms with Crippen LogP contribution in [0.25, 0.3) is 21.8 Å². The van der Waals surface area contributed by atoms with Gasteiger partial charge < -0.3 is 38.6 Å². The molecule has 0 aliphatic carbocycles. The lowest BCUT2D eigenvalue weighted by Crippen LogP contribution is -2.40.